The molecule has 0 unspecified atom stereocenters. The highest BCUT2D eigenvalue weighted by Crippen LogP contribution is 2.34. The van der Waals surface area contributed by atoms with E-state index < -0.39 is 11.7 Å². The van der Waals surface area contributed by atoms with Crippen LogP contribution >= 0.6 is 11.6 Å². The average molecular weight is 480 g/mol. The number of hydrogen-bond acceptors (Lipinski definition) is 5. The van der Waals surface area contributed by atoms with Crippen molar-refractivity contribution in [2.75, 3.05) is 17.2 Å². The van der Waals surface area contributed by atoms with Crippen molar-refractivity contribution in [1.29, 1.82) is 0 Å². The lowest BCUT2D eigenvalue weighted by molar-refractivity contribution is -0.118. The molecule has 0 spiro atoms. The Balaban J connectivity index is 1.46. The number of nitrogens with zero attached hydrogens (tertiary/aromatic N) is 1. The Labute approximate surface area is 199 Å². The molecule has 0 aliphatic heterocycles. The van der Waals surface area contributed by atoms with E-state index in [9.17, 15) is 14.0 Å². The lowest BCUT2D eigenvalue weighted by Gasteiger charge is -2.10. The number of carbonyl (C=O) groups excluding carboxylic acids is 2. The predicted molar refractivity (Wildman–Crippen MR) is 127 cm³/mol. The number of benzene rings is 3. The smallest absolute Gasteiger partial charge is 0.262 e. The SMILES string of the molecule is Cc1onc(-c2c(F)cccc2Cl)c1C(=O)Nc1cccc(OCC(=O)Nc2ccccc2)c1. The fraction of sp³-hybridized carbons (Fsp3) is 0.0800. The maximum absolute atomic E-state index is 14.4. The van der Waals surface area contributed by atoms with Gasteiger partial charge in [0.15, 0.2) is 6.61 Å². The van der Waals surface area contributed by atoms with Crippen LogP contribution in [0.1, 0.15) is 16.1 Å². The molecule has 0 atom stereocenters. The summed E-state index contributed by atoms with van der Waals surface area (Å²) >= 11 is 6.14. The van der Waals surface area contributed by atoms with Crippen molar-refractivity contribution in [1.82, 2.24) is 5.16 Å². The maximum Gasteiger partial charge on any atom is 0.262 e. The average Bonchev–Trinajstić information content (AvgIpc) is 3.19. The molecular weight excluding hydrogens is 461 g/mol. The van der Waals surface area contributed by atoms with Gasteiger partial charge < -0.3 is 19.9 Å². The Bertz CT molecular complexity index is 1320. The molecule has 4 aromatic rings. The van der Waals surface area contributed by atoms with Gasteiger partial charge in [0, 0.05) is 17.4 Å². The first-order valence-electron chi connectivity index (χ1n) is 10.2. The summed E-state index contributed by atoms with van der Waals surface area (Å²) in [6.07, 6.45) is 0. The van der Waals surface area contributed by atoms with Crippen LogP contribution in [0.15, 0.2) is 77.3 Å². The van der Waals surface area contributed by atoms with Crippen molar-refractivity contribution in [3.8, 4) is 17.0 Å². The molecule has 2 amide bonds. The van der Waals surface area contributed by atoms with Gasteiger partial charge in [-0.15, -0.1) is 0 Å². The predicted octanol–water partition coefficient (Wildman–Crippen LogP) is 5.71. The number of ether oxygens (including phenoxy) is 1. The number of carbonyl (C=O) groups is 2. The van der Waals surface area contributed by atoms with E-state index in [0.717, 1.165) is 0 Å². The van der Waals surface area contributed by atoms with Crippen LogP contribution in [0.3, 0.4) is 0 Å². The zero-order chi connectivity index (χ0) is 24.1. The van der Waals surface area contributed by atoms with Crippen LogP contribution in [0.5, 0.6) is 5.75 Å². The highest BCUT2D eigenvalue weighted by molar-refractivity contribution is 6.33. The van der Waals surface area contributed by atoms with E-state index in [0.29, 0.717) is 17.1 Å². The molecule has 2 N–H and O–H groups in total. The summed E-state index contributed by atoms with van der Waals surface area (Å²) in [5.41, 5.74) is 1.10. The summed E-state index contributed by atoms with van der Waals surface area (Å²) in [6.45, 7) is 1.33. The number of aryl methyl sites for hydroxylation is 1. The zero-order valence-corrected chi connectivity index (χ0v) is 18.7. The minimum atomic E-state index is -0.626. The zero-order valence-electron chi connectivity index (χ0n) is 18.0. The van der Waals surface area contributed by atoms with Gasteiger partial charge in [-0.1, -0.05) is 47.1 Å². The van der Waals surface area contributed by atoms with Crippen molar-refractivity contribution < 1.29 is 23.2 Å². The number of anilines is 2. The fourth-order valence-electron chi connectivity index (χ4n) is 3.26. The number of para-hydroxylation sites is 1. The molecule has 3 aromatic carbocycles. The third kappa shape index (κ3) is 5.24. The number of amides is 2. The molecule has 0 saturated heterocycles. The Morgan fingerprint density at radius 3 is 2.50 bits per heavy atom. The molecule has 172 valence electrons. The van der Waals surface area contributed by atoms with E-state index in [1.54, 1.807) is 43.3 Å². The van der Waals surface area contributed by atoms with Crippen molar-refractivity contribution in [2.24, 2.45) is 0 Å². The second-order valence-corrected chi connectivity index (χ2v) is 7.65. The molecule has 0 radical (unpaired) electrons. The number of halogens is 2. The molecule has 0 aliphatic rings. The monoisotopic (exact) mass is 479 g/mol. The van der Waals surface area contributed by atoms with Crippen molar-refractivity contribution >= 4 is 34.8 Å². The summed E-state index contributed by atoms with van der Waals surface area (Å²) in [4.78, 5) is 25.1. The normalized spacial score (nSPS) is 10.6. The summed E-state index contributed by atoms with van der Waals surface area (Å²) in [6, 6.07) is 19.7. The molecule has 1 aromatic heterocycles. The van der Waals surface area contributed by atoms with E-state index in [-0.39, 0.29) is 40.1 Å². The van der Waals surface area contributed by atoms with Crippen LogP contribution in [-0.2, 0) is 4.79 Å². The van der Waals surface area contributed by atoms with Crippen LogP contribution in [0.25, 0.3) is 11.3 Å². The topological polar surface area (TPSA) is 93.5 Å². The first-order valence-corrected chi connectivity index (χ1v) is 10.6. The largest absolute Gasteiger partial charge is 0.484 e. The number of aromatic nitrogens is 1. The summed E-state index contributed by atoms with van der Waals surface area (Å²) < 4.78 is 25.1. The number of rotatable bonds is 7. The summed E-state index contributed by atoms with van der Waals surface area (Å²) in [5, 5.41) is 9.38. The van der Waals surface area contributed by atoms with Gasteiger partial charge in [-0.25, -0.2) is 4.39 Å². The molecule has 0 bridgehead atoms. The fourth-order valence-corrected chi connectivity index (χ4v) is 3.51. The standard InChI is InChI=1S/C25H19ClFN3O4/c1-15-22(24(30-34-15)23-19(26)11-6-12-20(23)27)25(32)29-17-9-5-10-18(13-17)33-14-21(31)28-16-7-3-2-4-8-16/h2-13H,14H2,1H3,(H,28,31)(H,29,32). The van der Waals surface area contributed by atoms with Crippen LogP contribution in [0.2, 0.25) is 5.02 Å². The van der Waals surface area contributed by atoms with Crippen molar-refractivity contribution in [3.63, 3.8) is 0 Å². The van der Waals surface area contributed by atoms with E-state index in [4.69, 9.17) is 20.9 Å². The van der Waals surface area contributed by atoms with Gasteiger partial charge in [-0.3, -0.25) is 9.59 Å². The lowest BCUT2D eigenvalue weighted by atomic mass is 10.0. The second-order valence-electron chi connectivity index (χ2n) is 7.24. The van der Waals surface area contributed by atoms with Gasteiger partial charge in [0.05, 0.1) is 10.6 Å². The lowest BCUT2D eigenvalue weighted by Crippen LogP contribution is -2.20. The molecule has 0 fully saturated rings. The summed E-state index contributed by atoms with van der Waals surface area (Å²) in [5.74, 6) is -0.935. The Morgan fingerprint density at radius 2 is 1.74 bits per heavy atom. The van der Waals surface area contributed by atoms with E-state index >= 15 is 0 Å². The molecule has 9 heteroatoms. The molecular formula is C25H19ClFN3O4. The molecule has 4 rings (SSSR count). The Morgan fingerprint density at radius 1 is 1.00 bits per heavy atom. The molecule has 0 saturated carbocycles. The second kappa shape index (κ2) is 10.2. The van der Waals surface area contributed by atoms with Crippen LogP contribution in [0.4, 0.5) is 15.8 Å². The van der Waals surface area contributed by atoms with Gasteiger partial charge in [-0.05, 0) is 43.3 Å². The van der Waals surface area contributed by atoms with Crippen LogP contribution < -0.4 is 15.4 Å². The molecule has 7 nitrogen and oxygen atoms in total. The summed E-state index contributed by atoms with van der Waals surface area (Å²) in [7, 11) is 0. The van der Waals surface area contributed by atoms with Gasteiger partial charge in [0.25, 0.3) is 11.8 Å². The molecule has 0 aliphatic carbocycles. The highest BCUT2D eigenvalue weighted by Gasteiger charge is 2.25. The highest BCUT2D eigenvalue weighted by atomic mass is 35.5. The van der Waals surface area contributed by atoms with Crippen molar-refractivity contribution in [3.05, 3.63) is 95.0 Å². The third-order valence-corrected chi connectivity index (χ3v) is 5.12. The van der Waals surface area contributed by atoms with E-state index in [1.165, 1.54) is 18.2 Å². The van der Waals surface area contributed by atoms with Crippen LogP contribution in [0, 0.1) is 12.7 Å². The first-order chi connectivity index (χ1) is 16.4. The van der Waals surface area contributed by atoms with Crippen LogP contribution in [-0.4, -0.2) is 23.6 Å². The number of hydrogen-bond donors (Lipinski definition) is 2. The van der Waals surface area contributed by atoms with Gasteiger partial charge in [-0.2, -0.15) is 0 Å². The van der Waals surface area contributed by atoms with Gasteiger partial charge >= 0.3 is 0 Å². The molecule has 1 heterocycles. The maximum atomic E-state index is 14.4. The quantitative estimate of drug-likeness (QED) is 0.354. The van der Waals surface area contributed by atoms with E-state index in [2.05, 4.69) is 15.8 Å². The molecule has 34 heavy (non-hydrogen) atoms. The first kappa shape index (κ1) is 23.0. The van der Waals surface area contributed by atoms with E-state index in [1.807, 2.05) is 18.2 Å². The third-order valence-electron chi connectivity index (χ3n) is 4.81. The minimum Gasteiger partial charge on any atom is -0.484 e. The number of nitrogens with one attached hydrogen (secondary N) is 2. The Hall–Kier alpha value is -4.17. The van der Waals surface area contributed by atoms with Gasteiger partial charge in [0.2, 0.25) is 0 Å². The Kier molecular flexibility index (Phi) is 6.89. The minimum absolute atomic E-state index is 0.00286. The van der Waals surface area contributed by atoms with Gasteiger partial charge in [0.1, 0.15) is 28.6 Å². The van der Waals surface area contributed by atoms with Crippen molar-refractivity contribution in [2.45, 2.75) is 6.92 Å².